The van der Waals surface area contributed by atoms with Crippen LogP contribution in [0.1, 0.15) is 58.6 Å². The number of fused-ring (bicyclic) bond motifs is 3. The summed E-state index contributed by atoms with van der Waals surface area (Å²) in [5.41, 5.74) is 4.67. The number of carbonyl (C=O) groups excluding carboxylic acids is 2. The minimum atomic E-state index is -2.28. The van der Waals surface area contributed by atoms with Crippen molar-refractivity contribution in [2.45, 2.75) is 102 Å². The summed E-state index contributed by atoms with van der Waals surface area (Å²) in [6, 6.07) is 15.8. The van der Waals surface area contributed by atoms with Gasteiger partial charge in [-0.3, -0.25) is 4.90 Å². The number of amides is 1. The highest BCUT2D eigenvalue weighted by Crippen LogP contribution is 2.45. The van der Waals surface area contributed by atoms with Gasteiger partial charge in [-0.05, 0) is 58.5 Å². The molecule has 1 saturated heterocycles. The highest BCUT2D eigenvalue weighted by atomic mass is 28.4. The van der Waals surface area contributed by atoms with Crippen molar-refractivity contribution in [3.8, 4) is 11.1 Å². The second kappa shape index (κ2) is 10.9. The van der Waals surface area contributed by atoms with Gasteiger partial charge < -0.3 is 18.4 Å². The fraction of sp³-hybridized carbons (Fsp3) is 0.562. The standard InChI is InChI=1S/C32H47NO5Si2/c1-31(2,3)39(7,8)37-28-19-33(27(20-34)29(28)38-40(9,10)32(4,5)6)30(35)36-21-26-24-17-13-11-15-22(24)23-16-12-14-18-25(23)26/h11-18,20,26-29H,19,21H2,1-10H3/t27-,28+,29+/m1/s1. The number of benzene rings is 2. The van der Waals surface area contributed by atoms with Gasteiger partial charge in [-0.2, -0.15) is 0 Å². The second-order valence-corrected chi connectivity index (χ2v) is 23.9. The molecule has 1 fully saturated rings. The summed E-state index contributed by atoms with van der Waals surface area (Å²) in [5, 5.41) is -0.0818. The van der Waals surface area contributed by atoms with Crippen LogP contribution in [0.2, 0.25) is 36.3 Å². The van der Waals surface area contributed by atoms with Crippen LogP contribution in [-0.4, -0.2) is 65.3 Å². The number of aldehydes is 1. The van der Waals surface area contributed by atoms with E-state index in [9.17, 15) is 9.59 Å². The summed E-state index contributed by atoms with van der Waals surface area (Å²) in [7, 11) is -4.49. The van der Waals surface area contributed by atoms with Crippen molar-refractivity contribution in [1.82, 2.24) is 4.90 Å². The number of ether oxygens (including phenoxy) is 1. The summed E-state index contributed by atoms with van der Waals surface area (Å²) in [5.74, 6) is -0.0489. The molecule has 0 radical (unpaired) electrons. The maximum absolute atomic E-state index is 13.7. The predicted molar refractivity (Wildman–Crippen MR) is 166 cm³/mol. The van der Waals surface area contributed by atoms with E-state index in [0.29, 0.717) is 0 Å². The van der Waals surface area contributed by atoms with E-state index in [1.54, 1.807) is 0 Å². The van der Waals surface area contributed by atoms with E-state index >= 15 is 0 Å². The van der Waals surface area contributed by atoms with Crippen LogP contribution in [-0.2, 0) is 18.4 Å². The minimum Gasteiger partial charge on any atom is -0.448 e. The number of rotatable bonds is 7. The van der Waals surface area contributed by atoms with E-state index < -0.39 is 41.0 Å². The molecule has 1 heterocycles. The topological polar surface area (TPSA) is 65.1 Å². The summed E-state index contributed by atoms with van der Waals surface area (Å²) in [6.45, 7) is 22.3. The molecule has 0 aromatic heterocycles. The lowest BCUT2D eigenvalue weighted by Crippen LogP contribution is -2.53. The molecule has 40 heavy (non-hydrogen) atoms. The molecule has 8 heteroatoms. The molecule has 0 spiro atoms. The Balaban J connectivity index is 1.58. The van der Waals surface area contributed by atoms with Crippen molar-refractivity contribution in [2.24, 2.45) is 0 Å². The van der Waals surface area contributed by atoms with Crippen LogP contribution < -0.4 is 0 Å². The van der Waals surface area contributed by atoms with Gasteiger partial charge in [-0.15, -0.1) is 0 Å². The first kappa shape index (κ1) is 30.7. The Morgan fingerprint density at radius 2 is 1.32 bits per heavy atom. The summed E-state index contributed by atoms with van der Waals surface area (Å²) in [4.78, 5) is 27.8. The van der Waals surface area contributed by atoms with E-state index in [1.165, 1.54) is 16.0 Å². The van der Waals surface area contributed by atoms with Gasteiger partial charge in [0.2, 0.25) is 0 Å². The molecule has 6 nitrogen and oxygen atoms in total. The molecule has 1 amide bonds. The van der Waals surface area contributed by atoms with Gasteiger partial charge in [0, 0.05) is 5.92 Å². The van der Waals surface area contributed by atoms with Gasteiger partial charge in [-0.25, -0.2) is 4.79 Å². The highest BCUT2D eigenvalue weighted by Gasteiger charge is 2.53. The highest BCUT2D eigenvalue weighted by molar-refractivity contribution is 6.74. The summed E-state index contributed by atoms with van der Waals surface area (Å²) < 4.78 is 19.7. The molecule has 0 bridgehead atoms. The van der Waals surface area contributed by atoms with Crippen LogP contribution in [0, 0.1) is 0 Å². The van der Waals surface area contributed by atoms with Gasteiger partial charge in [0.25, 0.3) is 0 Å². The first-order chi connectivity index (χ1) is 18.5. The Hall–Kier alpha value is -2.27. The number of nitrogens with zero attached hydrogens (tertiary/aromatic N) is 1. The van der Waals surface area contributed by atoms with E-state index in [0.717, 1.165) is 17.4 Å². The molecule has 1 aliphatic carbocycles. The molecule has 2 aromatic rings. The van der Waals surface area contributed by atoms with Gasteiger partial charge in [0.15, 0.2) is 16.6 Å². The normalized spacial score (nSPS) is 21.8. The smallest absolute Gasteiger partial charge is 0.410 e. The van der Waals surface area contributed by atoms with E-state index in [4.69, 9.17) is 13.6 Å². The third kappa shape index (κ3) is 5.73. The molecule has 0 unspecified atom stereocenters. The van der Waals surface area contributed by atoms with Crippen LogP contribution >= 0.6 is 0 Å². The lowest BCUT2D eigenvalue weighted by molar-refractivity contribution is -0.113. The van der Waals surface area contributed by atoms with Gasteiger partial charge in [-0.1, -0.05) is 90.1 Å². The van der Waals surface area contributed by atoms with Crippen molar-refractivity contribution in [2.75, 3.05) is 13.2 Å². The molecule has 0 saturated carbocycles. The maximum Gasteiger partial charge on any atom is 0.410 e. The lowest BCUT2D eigenvalue weighted by Gasteiger charge is -2.43. The van der Waals surface area contributed by atoms with E-state index in [1.807, 2.05) is 24.3 Å². The number of hydrogen-bond acceptors (Lipinski definition) is 5. The third-order valence-corrected chi connectivity index (χ3v) is 18.6. The van der Waals surface area contributed by atoms with Crippen molar-refractivity contribution in [3.63, 3.8) is 0 Å². The van der Waals surface area contributed by atoms with Gasteiger partial charge in [0.05, 0.1) is 18.8 Å². The summed E-state index contributed by atoms with van der Waals surface area (Å²) >= 11 is 0. The number of carbonyl (C=O) groups is 2. The van der Waals surface area contributed by atoms with Crippen LogP contribution in [0.15, 0.2) is 48.5 Å². The van der Waals surface area contributed by atoms with Gasteiger partial charge in [0.1, 0.15) is 18.9 Å². The van der Waals surface area contributed by atoms with Crippen LogP contribution in [0.3, 0.4) is 0 Å². The molecule has 0 N–H and O–H groups in total. The minimum absolute atomic E-state index is 0.0254. The average molecular weight is 582 g/mol. The van der Waals surface area contributed by atoms with Crippen LogP contribution in [0.5, 0.6) is 0 Å². The van der Waals surface area contributed by atoms with E-state index in [2.05, 4.69) is 92.0 Å². The second-order valence-electron chi connectivity index (χ2n) is 14.3. The van der Waals surface area contributed by atoms with Crippen molar-refractivity contribution >= 4 is 29.0 Å². The zero-order valence-corrected chi connectivity index (χ0v) is 27.9. The monoisotopic (exact) mass is 581 g/mol. The fourth-order valence-electron chi connectivity index (χ4n) is 5.16. The molecule has 2 aromatic carbocycles. The van der Waals surface area contributed by atoms with Crippen molar-refractivity contribution in [1.29, 1.82) is 0 Å². The SMILES string of the molecule is CC(C)(C)[Si](C)(C)O[C@@H]1[C@@H](O[Si](C)(C)C(C)(C)C)CN(C(=O)OCC2c3ccccc3-c3ccccc32)[C@@H]1C=O. The Kier molecular flexibility index (Phi) is 8.33. The first-order valence-electron chi connectivity index (χ1n) is 14.4. The zero-order valence-electron chi connectivity index (χ0n) is 25.9. The zero-order chi connectivity index (χ0) is 29.7. The Morgan fingerprint density at radius 3 is 1.80 bits per heavy atom. The molecule has 4 rings (SSSR count). The molecule has 1 aliphatic heterocycles. The third-order valence-electron chi connectivity index (χ3n) is 9.64. The average Bonchev–Trinajstić information content (AvgIpc) is 3.35. The first-order valence-corrected chi connectivity index (χ1v) is 20.2. The van der Waals surface area contributed by atoms with Crippen molar-refractivity contribution in [3.05, 3.63) is 59.7 Å². The predicted octanol–water partition coefficient (Wildman–Crippen LogP) is 7.60. The molecular formula is C32H47NO5Si2. The fourth-order valence-corrected chi connectivity index (χ4v) is 7.81. The van der Waals surface area contributed by atoms with E-state index in [-0.39, 0.29) is 29.1 Å². The molecule has 218 valence electrons. The van der Waals surface area contributed by atoms with Crippen LogP contribution in [0.4, 0.5) is 4.79 Å². The maximum atomic E-state index is 13.7. The molecule has 3 atom stereocenters. The molecular weight excluding hydrogens is 535 g/mol. The number of likely N-dealkylation sites (tertiary alicyclic amines) is 1. The Labute approximate surface area is 242 Å². The molecule has 2 aliphatic rings. The summed E-state index contributed by atoms with van der Waals surface area (Å²) in [6.07, 6.45) is -0.586. The Morgan fingerprint density at radius 1 is 0.850 bits per heavy atom. The largest absolute Gasteiger partial charge is 0.448 e. The Bertz CT molecular complexity index is 1200. The van der Waals surface area contributed by atoms with Gasteiger partial charge >= 0.3 is 6.09 Å². The quantitative estimate of drug-likeness (QED) is 0.249. The van der Waals surface area contributed by atoms with Crippen molar-refractivity contribution < 1.29 is 23.2 Å². The number of hydrogen-bond donors (Lipinski definition) is 0. The van der Waals surface area contributed by atoms with Crippen LogP contribution in [0.25, 0.3) is 11.1 Å². The lowest BCUT2D eigenvalue weighted by atomic mass is 9.98.